The number of hydrogen-bond donors (Lipinski definition) is 1. The molecule has 0 spiro atoms. The summed E-state index contributed by atoms with van der Waals surface area (Å²) in [6.07, 6.45) is 4.42. The molecule has 0 saturated heterocycles. The zero-order valence-corrected chi connectivity index (χ0v) is 11.5. The summed E-state index contributed by atoms with van der Waals surface area (Å²) < 4.78 is 5.59. The standard InChI is InChI=1S/C17H17NO2/c1-3-8-20-13-5-7-16-15(9-13)14-6-4-12(10-19)11(2)17(14)18-16/h3,5,7,9-10,18H,1,4,6,8H2,2H3. The van der Waals surface area contributed by atoms with E-state index >= 15 is 0 Å². The van der Waals surface area contributed by atoms with Gasteiger partial charge in [0.25, 0.3) is 0 Å². The topological polar surface area (TPSA) is 42.1 Å². The molecule has 0 bridgehead atoms. The van der Waals surface area contributed by atoms with Crippen LogP contribution in [0.15, 0.2) is 36.4 Å². The molecule has 0 fully saturated rings. The minimum atomic E-state index is 0.506. The Balaban J connectivity index is 2.12. The fourth-order valence-electron chi connectivity index (χ4n) is 2.81. The van der Waals surface area contributed by atoms with Gasteiger partial charge < -0.3 is 9.72 Å². The fraction of sp³-hybridized carbons (Fsp3) is 0.235. The second kappa shape index (κ2) is 5.00. The predicted octanol–water partition coefficient (Wildman–Crippen LogP) is 3.65. The number of aryl methyl sites for hydroxylation is 1. The number of H-pyrrole nitrogens is 1. The number of carbonyl (C=O) groups excluding carboxylic acids is 1. The molecule has 0 radical (unpaired) electrons. The Morgan fingerprint density at radius 1 is 1.40 bits per heavy atom. The summed E-state index contributed by atoms with van der Waals surface area (Å²) in [5.41, 5.74) is 5.42. The van der Waals surface area contributed by atoms with Crippen molar-refractivity contribution in [2.45, 2.75) is 19.8 Å². The lowest BCUT2D eigenvalue weighted by Gasteiger charge is -2.14. The molecule has 1 aromatic heterocycles. The highest BCUT2D eigenvalue weighted by Gasteiger charge is 2.20. The summed E-state index contributed by atoms with van der Waals surface area (Å²) in [6.45, 7) is 6.17. The highest BCUT2D eigenvalue weighted by molar-refractivity contribution is 5.96. The van der Waals surface area contributed by atoms with Crippen LogP contribution < -0.4 is 4.74 Å². The molecule has 3 rings (SSSR count). The molecule has 1 N–H and O–H groups in total. The zero-order valence-electron chi connectivity index (χ0n) is 11.5. The summed E-state index contributed by atoms with van der Waals surface area (Å²) >= 11 is 0. The maximum absolute atomic E-state index is 11.1. The van der Waals surface area contributed by atoms with Crippen molar-refractivity contribution in [2.24, 2.45) is 0 Å². The molecule has 0 saturated carbocycles. The molecule has 0 atom stereocenters. The SMILES string of the molecule is C=CCOc1ccc2[nH]c3c(c2c1)CCC(C=O)=C3C. The number of nitrogens with one attached hydrogen (secondary N) is 1. The van der Waals surface area contributed by atoms with E-state index in [9.17, 15) is 4.79 Å². The van der Waals surface area contributed by atoms with Crippen LogP contribution in [0.1, 0.15) is 24.6 Å². The van der Waals surface area contributed by atoms with Crippen molar-refractivity contribution in [1.82, 2.24) is 4.98 Å². The highest BCUT2D eigenvalue weighted by Crippen LogP contribution is 2.36. The van der Waals surface area contributed by atoms with Crippen LogP contribution in [0.4, 0.5) is 0 Å². The van der Waals surface area contributed by atoms with E-state index < -0.39 is 0 Å². The molecule has 1 aromatic carbocycles. The van der Waals surface area contributed by atoms with Gasteiger partial charge in [0.05, 0.1) is 0 Å². The Labute approximate surface area is 117 Å². The zero-order chi connectivity index (χ0) is 14.1. The van der Waals surface area contributed by atoms with E-state index in [-0.39, 0.29) is 0 Å². The number of rotatable bonds is 4. The van der Waals surface area contributed by atoms with Crippen molar-refractivity contribution in [1.29, 1.82) is 0 Å². The molecule has 1 heterocycles. The lowest BCUT2D eigenvalue weighted by Crippen LogP contribution is -2.03. The number of carbonyl (C=O) groups is 1. The number of fused-ring (bicyclic) bond motifs is 3. The lowest BCUT2D eigenvalue weighted by molar-refractivity contribution is -0.105. The minimum absolute atomic E-state index is 0.506. The fourth-order valence-corrected chi connectivity index (χ4v) is 2.81. The van der Waals surface area contributed by atoms with Gasteiger partial charge in [0, 0.05) is 16.6 Å². The average molecular weight is 267 g/mol. The second-order valence-electron chi connectivity index (χ2n) is 5.05. The van der Waals surface area contributed by atoms with E-state index in [0.29, 0.717) is 6.61 Å². The van der Waals surface area contributed by atoms with Crippen LogP contribution in [0.25, 0.3) is 16.5 Å². The van der Waals surface area contributed by atoms with Gasteiger partial charge in [0.2, 0.25) is 0 Å². The van der Waals surface area contributed by atoms with Crippen molar-refractivity contribution in [2.75, 3.05) is 6.61 Å². The van der Waals surface area contributed by atoms with Gasteiger partial charge in [-0.2, -0.15) is 0 Å². The Bertz CT molecular complexity index is 722. The predicted molar refractivity (Wildman–Crippen MR) is 81.0 cm³/mol. The number of aldehydes is 1. The first kappa shape index (κ1) is 12.7. The summed E-state index contributed by atoms with van der Waals surface area (Å²) in [5, 5.41) is 1.19. The average Bonchev–Trinajstić information content (AvgIpc) is 2.84. The number of benzene rings is 1. The summed E-state index contributed by atoms with van der Waals surface area (Å²) in [5.74, 6) is 0.849. The molecule has 3 heteroatoms. The number of aromatic nitrogens is 1. The van der Waals surface area contributed by atoms with Crippen molar-refractivity contribution in [3.63, 3.8) is 0 Å². The van der Waals surface area contributed by atoms with Gasteiger partial charge in [-0.1, -0.05) is 12.7 Å². The Morgan fingerprint density at radius 2 is 2.25 bits per heavy atom. The first-order valence-corrected chi connectivity index (χ1v) is 6.78. The Morgan fingerprint density at radius 3 is 3.00 bits per heavy atom. The first-order valence-electron chi connectivity index (χ1n) is 6.78. The smallest absolute Gasteiger partial charge is 0.146 e. The summed E-state index contributed by atoms with van der Waals surface area (Å²) in [6, 6.07) is 6.04. The largest absolute Gasteiger partial charge is 0.490 e. The summed E-state index contributed by atoms with van der Waals surface area (Å²) in [4.78, 5) is 14.5. The maximum Gasteiger partial charge on any atom is 0.146 e. The molecule has 3 nitrogen and oxygen atoms in total. The number of ether oxygens (including phenoxy) is 1. The maximum atomic E-state index is 11.1. The summed E-state index contributed by atoms with van der Waals surface area (Å²) in [7, 11) is 0. The van der Waals surface area contributed by atoms with Crippen molar-refractivity contribution in [3.8, 4) is 5.75 Å². The number of allylic oxidation sites excluding steroid dienone is 2. The van der Waals surface area contributed by atoms with Gasteiger partial charge in [-0.3, -0.25) is 4.79 Å². The van der Waals surface area contributed by atoms with Gasteiger partial charge in [0.1, 0.15) is 18.6 Å². The molecular formula is C17H17NO2. The molecule has 0 unspecified atom stereocenters. The van der Waals surface area contributed by atoms with Gasteiger partial charge >= 0.3 is 0 Å². The third-order valence-electron chi connectivity index (χ3n) is 3.89. The van der Waals surface area contributed by atoms with Crippen LogP contribution in [0.2, 0.25) is 0 Å². The van der Waals surface area contributed by atoms with Crippen LogP contribution in [0, 0.1) is 0 Å². The molecule has 2 aromatic rings. The van der Waals surface area contributed by atoms with Crippen molar-refractivity contribution >= 4 is 22.8 Å². The van der Waals surface area contributed by atoms with Crippen LogP contribution in [0.5, 0.6) is 5.75 Å². The Kier molecular flexibility index (Phi) is 3.18. The monoisotopic (exact) mass is 267 g/mol. The molecular weight excluding hydrogens is 250 g/mol. The van der Waals surface area contributed by atoms with Crippen LogP contribution >= 0.6 is 0 Å². The van der Waals surface area contributed by atoms with E-state index in [1.54, 1.807) is 6.08 Å². The van der Waals surface area contributed by atoms with E-state index in [2.05, 4.69) is 17.6 Å². The first-order chi connectivity index (χ1) is 9.74. The van der Waals surface area contributed by atoms with E-state index in [1.807, 2.05) is 19.1 Å². The third-order valence-corrected chi connectivity index (χ3v) is 3.89. The normalized spacial score (nSPS) is 14.2. The quantitative estimate of drug-likeness (QED) is 0.678. The second-order valence-corrected chi connectivity index (χ2v) is 5.05. The van der Waals surface area contributed by atoms with Crippen molar-refractivity contribution in [3.05, 3.63) is 47.7 Å². The van der Waals surface area contributed by atoms with Crippen LogP contribution in [0.3, 0.4) is 0 Å². The molecule has 20 heavy (non-hydrogen) atoms. The van der Waals surface area contributed by atoms with E-state index in [1.165, 1.54) is 10.9 Å². The van der Waals surface area contributed by atoms with Crippen LogP contribution in [-0.2, 0) is 11.2 Å². The Hall–Kier alpha value is -2.29. The van der Waals surface area contributed by atoms with Gasteiger partial charge in [-0.25, -0.2) is 0 Å². The highest BCUT2D eigenvalue weighted by atomic mass is 16.5. The molecule has 102 valence electrons. The number of hydrogen-bond acceptors (Lipinski definition) is 2. The molecule has 1 aliphatic carbocycles. The van der Waals surface area contributed by atoms with E-state index in [0.717, 1.165) is 47.2 Å². The number of aromatic amines is 1. The van der Waals surface area contributed by atoms with Gasteiger partial charge in [-0.15, -0.1) is 0 Å². The lowest BCUT2D eigenvalue weighted by atomic mass is 9.90. The van der Waals surface area contributed by atoms with Gasteiger partial charge in [0.15, 0.2) is 0 Å². The van der Waals surface area contributed by atoms with Crippen LogP contribution in [-0.4, -0.2) is 17.9 Å². The van der Waals surface area contributed by atoms with E-state index in [4.69, 9.17) is 4.74 Å². The van der Waals surface area contributed by atoms with Crippen molar-refractivity contribution < 1.29 is 9.53 Å². The molecule has 1 aliphatic rings. The molecule has 0 aliphatic heterocycles. The molecule has 0 amide bonds. The third kappa shape index (κ3) is 1.95. The minimum Gasteiger partial charge on any atom is -0.490 e. The van der Waals surface area contributed by atoms with Gasteiger partial charge in [-0.05, 0) is 54.7 Å².